The lowest BCUT2D eigenvalue weighted by molar-refractivity contribution is -0.560. The number of unbranched alkanes of at least 4 members (excludes halogenated alkanes) is 1. The van der Waals surface area contributed by atoms with Gasteiger partial charge in [-0.1, -0.05) is 50.2 Å². The lowest BCUT2D eigenvalue weighted by Crippen LogP contribution is -3.03. The van der Waals surface area contributed by atoms with E-state index in [4.69, 9.17) is 10.4 Å². The van der Waals surface area contributed by atoms with E-state index in [1.807, 2.05) is 0 Å². The third-order valence-corrected chi connectivity index (χ3v) is 5.90. The van der Waals surface area contributed by atoms with Crippen molar-refractivity contribution >= 4 is 12.5 Å². The molecule has 3 heterocycles. The Morgan fingerprint density at radius 3 is 2.37 bits per heavy atom. The highest BCUT2D eigenvalue weighted by atomic mass is 16.5. The van der Waals surface area contributed by atoms with E-state index >= 15 is 0 Å². The van der Waals surface area contributed by atoms with Crippen LogP contribution < -0.4 is 11.0 Å². The van der Waals surface area contributed by atoms with Crippen molar-refractivity contribution in [3.63, 3.8) is 0 Å². The molecule has 3 rings (SSSR count). The Bertz CT molecular complexity index is 328. The summed E-state index contributed by atoms with van der Waals surface area (Å²) in [4.78, 5) is 12.2. The third kappa shape index (κ3) is 2.31. The number of carbonyl (C=O) groups excluding carboxylic acids is 1. The molecule has 3 aliphatic heterocycles. The van der Waals surface area contributed by atoms with E-state index in [1.54, 1.807) is 0 Å². The minimum Gasteiger partial charge on any atom is -0.634 e. The van der Waals surface area contributed by atoms with Crippen molar-refractivity contribution in [2.75, 3.05) is 6.54 Å². The summed E-state index contributed by atoms with van der Waals surface area (Å²) in [6.07, 6.45) is 10.8. The molecule has 0 aliphatic carbocycles. The zero-order valence-electron chi connectivity index (χ0n) is 11.9. The SMILES string of the molecule is NCCCC[C@@H]1[NH2+][B-]2(OC1=O)C1CCCC2CCC1. The number of hydrogen-bond acceptors (Lipinski definition) is 3. The summed E-state index contributed by atoms with van der Waals surface area (Å²) in [7, 11) is 0. The first kappa shape index (κ1) is 13.4. The largest absolute Gasteiger partial charge is 0.634 e. The molecule has 4 nitrogen and oxygen atoms in total. The predicted octanol–water partition coefficient (Wildman–Crippen LogP) is 1.15. The van der Waals surface area contributed by atoms with Crippen molar-refractivity contribution in [1.82, 2.24) is 0 Å². The van der Waals surface area contributed by atoms with Crippen molar-refractivity contribution < 1.29 is 14.7 Å². The molecule has 3 saturated heterocycles. The van der Waals surface area contributed by atoms with E-state index in [9.17, 15) is 4.79 Å². The van der Waals surface area contributed by atoms with Gasteiger partial charge in [0.2, 0.25) is 0 Å². The predicted molar refractivity (Wildman–Crippen MR) is 75.7 cm³/mol. The average Bonchev–Trinajstić information content (AvgIpc) is 2.67. The number of rotatable bonds is 4. The van der Waals surface area contributed by atoms with Crippen LogP contribution in [0.1, 0.15) is 57.8 Å². The zero-order valence-corrected chi connectivity index (χ0v) is 11.9. The van der Waals surface area contributed by atoms with Gasteiger partial charge >= 0.3 is 12.5 Å². The van der Waals surface area contributed by atoms with E-state index in [0.29, 0.717) is 11.6 Å². The zero-order chi connectivity index (χ0) is 13.3. The summed E-state index contributed by atoms with van der Waals surface area (Å²) in [5, 5.41) is 2.37. The number of carbonyl (C=O) groups is 1. The van der Waals surface area contributed by atoms with Gasteiger partial charge in [0, 0.05) is 6.42 Å². The van der Waals surface area contributed by atoms with Crippen LogP contribution in [0.15, 0.2) is 0 Å². The molecular weight excluding hydrogens is 239 g/mol. The lowest BCUT2D eigenvalue weighted by atomic mass is 9.28. The second kappa shape index (κ2) is 5.45. The van der Waals surface area contributed by atoms with E-state index in [-0.39, 0.29) is 12.0 Å². The number of hydrogen-bond donors (Lipinski definition) is 2. The first-order chi connectivity index (χ1) is 9.26. The Hall–Kier alpha value is -0.545. The summed E-state index contributed by atoms with van der Waals surface area (Å²) >= 11 is 0. The second-order valence-electron chi connectivity index (χ2n) is 6.89. The van der Waals surface area contributed by atoms with E-state index in [1.165, 1.54) is 38.5 Å². The number of quaternary nitrogens is 1. The summed E-state index contributed by atoms with van der Waals surface area (Å²) in [5.41, 5.74) is 5.54. The Balaban J connectivity index is 1.70. The van der Waals surface area contributed by atoms with Crippen molar-refractivity contribution in [2.24, 2.45) is 5.73 Å². The first-order valence-corrected chi connectivity index (χ1v) is 8.22. The van der Waals surface area contributed by atoms with Gasteiger partial charge in [-0.3, -0.25) is 4.79 Å². The van der Waals surface area contributed by atoms with Crippen LogP contribution in [0, 0.1) is 0 Å². The van der Waals surface area contributed by atoms with Gasteiger partial charge in [0.1, 0.15) is 6.04 Å². The molecule has 0 saturated carbocycles. The molecule has 0 aromatic rings. The molecule has 2 bridgehead atoms. The highest BCUT2D eigenvalue weighted by Crippen LogP contribution is 2.51. The fraction of sp³-hybridized carbons (Fsp3) is 0.929. The van der Waals surface area contributed by atoms with Gasteiger partial charge in [-0.2, -0.15) is 0 Å². The van der Waals surface area contributed by atoms with Gasteiger partial charge in [0.25, 0.3) is 0 Å². The van der Waals surface area contributed by atoms with Gasteiger partial charge in [0.15, 0.2) is 0 Å². The van der Waals surface area contributed by atoms with Gasteiger partial charge in [-0.25, -0.2) is 0 Å². The lowest BCUT2D eigenvalue weighted by Gasteiger charge is -2.50. The minimum atomic E-state index is -0.935. The normalized spacial score (nSPS) is 41.5. The molecule has 0 unspecified atom stereocenters. The van der Waals surface area contributed by atoms with Crippen LogP contribution >= 0.6 is 0 Å². The smallest absolute Gasteiger partial charge is 0.389 e. The van der Waals surface area contributed by atoms with Crippen LogP contribution in [0.4, 0.5) is 0 Å². The topological polar surface area (TPSA) is 68.9 Å². The van der Waals surface area contributed by atoms with Crippen molar-refractivity contribution in [3.8, 4) is 0 Å². The molecule has 19 heavy (non-hydrogen) atoms. The van der Waals surface area contributed by atoms with Crippen LogP contribution in [-0.2, 0) is 9.45 Å². The molecule has 3 fully saturated rings. The average molecular weight is 266 g/mol. The van der Waals surface area contributed by atoms with Crippen LogP contribution in [0.2, 0.25) is 11.6 Å². The summed E-state index contributed by atoms with van der Waals surface area (Å²) in [6, 6.07) is 0.0627. The van der Waals surface area contributed by atoms with Crippen LogP contribution in [0.25, 0.3) is 0 Å². The molecule has 0 amide bonds. The third-order valence-electron chi connectivity index (χ3n) is 5.90. The van der Waals surface area contributed by atoms with E-state index in [2.05, 4.69) is 5.23 Å². The van der Waals surface area contributed by atoms with Crippen LogP contribution in [-0.4, -0.2) is 25.0 Å². The Kier molecular flexibility index (Phi) is 3.85. The fourth-order valence-electron chi connectivity index (χ4n) is 5.00. The standard InChI is InChI=1S/C14H27BN2O2/c16-10-2-1-9-13-14(18)19-15(17-13)11-5-3-6-12(15)8-4-7-11/h11-13H,1-10,16-17H2/t11?,12?,13-,15?/m0/s1. The maximum atomic E-state index is 12.2. The van der Waals surface area contributed by atoms with Gasteiger partial charge < -0.3 is 15.6 Å². The summed E-state index contributed by atoms with van der Waals surface area (Å²) in [6.45, 7) is -0.209. The Labute approximate surface area is 115 Å². The number of nitrogens with two attached hydrogens (primary N) is 2. The highest BCUT2D eigenvalue weighted by molar-refractivity contribution is 6.71. The van der Waals surface area contributed by atoms with Crippen molar-refractivity contribution in [2.45, 2.75) is 75.5 Å². The maximum absolute atomic E-state index is 12.2. The van der Waals surface area contributed by atoms with Gasteiger partial charge in [0.05, 0.1) is 0 Å². The monoisotopic (exact) mass is 266 g/mol. The molecule has 0 aromatic carbocycles. The summed E-state index contributed by atoms with van der Waals surface area (Å²) in [5.74, 6) is 1.39. The van der Waals surface area contributed by atoms with Gasteiger partial charge in [-0.15, -0.1) is 0 Å². The Morgan fingerprint density at radius 2 is 1.79 bits per heavy atom. The first-order valence-electron chi connectivity index (χ1n) is 8.22. The molecule has 5 heteroatoms. The van der Waals surface area contributed by atoms with Crippen LogP contribution in [0.3, 0.4) is 0 Å². The molecule has 1 atom stereocenters. The second-order valence-corrected chi connectivity index (χ2v) is 6.89. The van der Waals surface area contributed by atoms with Crippen LogP contribution in [0.5, 0.6) is 0 Å². The Morgan fingerprint density at radius 1 is 1.16 bits per heavy atom. The van der Waals surface area contributed by atoms with E-state index in [0.717, 1.165) is 25.8 Å². The maximum Gasteiger partial charge on any atom is 0.389 e. The highest BCUT2D eigenvalue weighted by Gasteiger charge is 2.59. The van der Waals surface area contributed by atoms with Crippen molar-refractivity contribution in [3.05, 3.63) is 0 Å². The molecule has 108 valence electrons. The molecule has 1 spiro atoms. The molecular formula is C14H27BN2O2. The van der Waals surface area contributed by atoms with Gasteiger partial charge in [-0.05, 0) is 19.4 Å². The summed E-state index contributed by atoms with van der Waals surface area (Å²) < 4.78 is 6.04. The fourth-order valence-corrected chi connectivity index (χ4v) is 5.00. The van der Waals surface area contributed by atoms with E-state index < -0.39 is 6.48 Å². The molecule has 0 aromatic heterocycles. The molecule has 0 radical (unpaired) electrons. The minimum absolute atomic E-state index is 0.0627. The molecule has 3 aliphatic rings. The quantitative estimate of drug-likeness (QED) is 0.592. The van der Waals surface area contributed by atoms with Crippen molar-refractivity contribution in [1.29, 1.82) is 0 Å². The molecule has 4 N–H and O–H groups in total.